The van der Waals surface area contributed by atoms with Gasteiger partial charge < -0.3 is 5.32 Å². The molecule has 3 rings (SSSR count). The number of aromatic nitrogens is 3. The molecule has 2 aromatic rings. The monoisotopic (exact) mass is 285 g/mol. The van der Waals surface area contributed by atoms with Gasteiger partial charge in [0.15, 0.2) is 0 Å². The number of carbonyl (C=O) groups is 2. The van der Waals surface area contributed by atoms with Crippen molar-refractivity contribution in [2.45, 2.75) is 26.3 Å². The fraction of sp³-hybridized carbons (Fsp3) is 0.286. The molecule has 2 amide bonds. The number of anilines is 2. The van der Waals surface area contributed by atoms with Crippen molar-refractivity contribution in [2.75, 3.05) is 10.6 Å². The molecule has 1 aromatic heterocycles. The topological polar surface area (TPSA) is 88.9 Å². The average molecular weight is 285 g/mol. The normalized spacial score (nSPS) is 17.0. The highest BCUT2D eigenvalue weighted by molar-refractivity contribution is 6.01. The Labute approximate surface area is 121 Å². The lowest BCUT2D eigenvalue weighted by Gasteiger charge is -2.22. The Hall–Kier alpha value is -2.70. The summed E-state index contributed by atoms with van der Waals surface area (Å²) in [6.45, 7) is 3.63. The Kier molecular flexibility index (Phi) is 3.17. The number of nitrogens with zero attached hydrogens (tertiary/aromatic N) is 3. The maximum Gasteiger partial charge on any atom is 0.249 e. The fourth-order valence-corrected chi connectivity index (χ4v) is 2.30. The summed E-state index contributed by atoms with van der Waals surface area (Å²) in [5.74, 6) is 0.319. The number of fused-ring (bicyclic) bond motifs is 1. The second-order valence-corrected chi connectivity index (χ2v) is 5.00. The standard InChI is InChI=1S/C14H15N5O2/c1-8-5-3-4-6-10(8)16-13(21)11-7-12(20)17-14-15-9(2)18-19(11)14/h3-6,11H,7H2,1-2H3,(H,16,21)(H,15,17,18,20)/t11-/m0/s1. The van der Waals surface area contributed by atoms with Gasteiger partial charge in [-0.25, -0.2) is 4.68 Å². The van der Waals surface area contributed by atoms with Crippen molar-refractivity contribution in [3.8, 4) is 0 Å². The van der Waals surface area contributed by atoms with E-state index in [-0.39, 0.29) is 18.2 Å². The van der Waals surface area contributed by atoms with Gasteiger partial charge in [-0.3, -0.25) is 14.9 Å². The average Bonchev–Trinajstić information content (AvgIpc) is 2.80. The molecule has 0 saturated heterocycles. The van der Waals surface area contributed by atoms with Crippen LogP contribution in [0.1, 0.15) is 23.9 Å². The van der Waals surface area contributed by atoms with Crippen LogP contribution in [0.5, 0.6) is 0 Å². The molecule has 7 heteroatoms. The second kappa shape index (κ2) is 5.01. The largest absolute Gasteiger partial charge is 0.324 e. The lowest BCUT2D eigenvalue weighted by molar-refractivity contribution is -0.125. The maximum atomic E-state index is 12.5. The van der Waals surface area contributed by atoms with E-state index < -0.39 is 6.04 Å². The van der Waals surface area contributed by atoms with Crippen molar-refractivity contribution in [1.29, 1.82) is 0 Å². The Bertz CT molecular complexity index is 722. The lowest BCUT2D eigenvalue weighted by Crippen LogP contribution is -2.36. The molecule has 2 N–H and O–H groups in total. The molecule has 108 valence electrons. The van der Waals surface area contributed by atoms with E-state index in [0.29, 0.717) is 11.8 Å². The van der Waals surface area contributed by atoms with Crippen LogP contribution in [0.4, 0.5) is 11.6 Å². The van der Waals surface area contributed by atoms with Crippen LogP contribution in [0, 0.1) is 13.8 Å². The highest BCUT2D eigenvalue weighted by Crippen LogP contribution is 2.24. The molecule has 21 heavy (non-hydrogen) atoms. The van der Waals surface area contributed by atoms with E-state index in [4.69, 9.17) is 0 Å². The number of benzene rings is 1. The number of aryl methyl sites for hydroxylation is 2. The van der Waals surface area contributed by atoms with Crippen molar-refractivity contribution < 1.29 is 9.59 Å². The van der Waals surface area contributed by atoms with Gasteiger partial charge in [-0.05, 0) is 25.5 Å². The van der Waals surface area contributed by atoms with E-state index in [1.54, 1.807) is 6.92 Å². The smallest absolute Gasteiger partial charge is 0.249 e. The Balaban J connectivity index is 1.88. The third kappa shape index (κ3) is 2.49. The van der Waals surface area contributed by atoms with Crippen LogP contribution in [0.15, 0.2) is 24.3 Å². The van der Waals surface area contributed by atoms with Gasteiger partial charge in [0.1, 0.15) is 11.9 Å². The van der Waals surface area contributed by atoms with E-state index in [2.05, 4.69) is 20.7 Å². The Morgan fingerprint density at radius 3 is 2.90 bits per heavy atom. The van der Waals surface area contributed by atoms with Gasteiger partial charge in [-0.15, -0.1) is 0 Å². The first-order valence-electron chi connectivity index (χ1n) is 6.64. The van der Waals surface area contributed by atoms with Crippen molar-refractivity contribution in [1.82, 2.24) is 14.8 Å². The minimum absolute atomic E-state index is 0.0491. The summed E-state index contributed by atoms with van der Waals surface area (Å²) < 4.78 is 1.46. The van der Waals surface area contributed by atoms with Gasteiger partial charge in [0.25, 0.3) is 0 Å². The lowest BCUT2D eigenvalue weighted by atomic mass is 10.1. The molecule has 1 aliphatic heterocycles. The van der Waals surface area contributed by atoms with Crippen LogP contribution in [-0.2, 0) is 9.59 Å². The van der Waals surface area contributed by atoms with Crippen LogP contribution >= 0.6 is 0 Å². The third-order valence-electron chi connectivity index (χ3n) is 3.37. The predicted molar refractivity (Wildman–Crippen MR) is 76.9 cm³/mol. The van der Waals surface area contributed by atoms with Gasteiger partial charge in [0.05, 0.1) is 6.42 Å². The third-order valence-corrected chi connectivity index (χ3v) is 3.37. The highest BCUT2D eigenvalue weighted by Gasteiger charge is 2.32. The molecule has 1 atom stereocenters. The van der Waals surface area contributed by atoms with Gasteiger partial charge in [-0.1, -0.05) is 18.2 Å². The molecule has 0 bridgehead atoms. The predicted octanol–water partition coefficient (Wildman–Crippen LogP) is 1.42. The highest BCUT2D eigenvalue weighted by atomic mass is 16.2. The Morgan fingerprint density at radius 2 is 2.14 bits per heavy atom. The molecule has 0 saturated carbocycles. The number of hydrogen-bond acceptors (Lipinski definition) is 4. The summed E-state index contributed by atoms with van der Waals surface area (Å²) in [5.41, 5.74) is 1.69. The fourth-order valence-electron chi connectivity index (χ4n) is 2.30. The van der Waals surface area contributed by atoms with E-state index in [1.807, 2.05) is 31.2 Å². The molecular weight excluding hydrogens is 270 g/mol. The van der Waals surface area contributed by atoms with Gasteiger partial charge in [0.2, 0.25) is 17.8 Å². The van der Waals surface area contributed by atoms with Crippen LogP contribution in [0.3, 0.4) is 0 Å². The van der Waals surface area contributed by atoms with Crippen molar-refractivity contribution >= 4 is 23.5 Å². The summed E-state index contributed by atoms with van der Waals surface area (Å²) >= 11 is 0. The molecule has 0 radical (unpaired) electrons. The number of carbonyl (C=O) groups excluding carboxylic acids is 2. The van der Waals surface area contributed by atoms with Crippen molar-refractivity contribution in [3.05, 3.63) is 35.7 Å². The number of rotatable bonds is 2. The first-order valence-corrected chi connectivity index (χ1v) is 6.64. The first-order chi connectivity index (χ1) is 10.0. The zero-order chi connectivity index (χ0) is 15.0. The molecule has 0 fully saturated rings. The van der Waals surface area contributed by atoms with Crippen LogP contribution < -0.4 is 10.6 Å². The molecular formula is C14H15N5O2. The van der Waals surface area contributed by atoms with Crippen molar-refractivity contribution in [3.63, 3.8) is 0 Å². The zero-order valence-electron chi connectivity index (χ0n) is 11.8. The summed E-state index contributed by atoms with van der Waals surface area (Å²) in [4.78, 5) is 28.3. The maximum absolute atomic E-state index is 12.5. The minimum Gasteiger partial charge on any atom is -0.324 e. The van der Waals surface area contributed by atoms with E-state index >= 15 is 0 Å². The van der Waals surface area contributed by atoms with Crippen LogP contribution in [0.2, 0.25) is 0 Å². The number of nitrogens with one attached hydrogen (secondary N) is 2. The van der Waals surface area contributed by atoms with Gasteiger partial charge >= 0.3 is 0 Å². The molecule has 1 aromatic carbocycles. The minimum atomic E-state index is -0.686. The molecule has 2 heterocycles. The summed E-state index contributed by atoms with van der Waals surface area (Å²) in [5, 5.41) is 9.64. The van der Waals surface area contributed by atoms with Crippen molar-refractivity contribution in [2.24, 2.45) is 0 Å². The van der Waals surface area contributed by atoms with Crippen LogP contribution in [0.25, 0.3) is 0 Å². The number of para-hydroxylation sites is 1. The molecule has 1 aliphatic rings. The van der Waals surface area contributed by atoms with E-state index in [1.165, 1.54) is 4.68 Å². The Morgan fingerprint density at radius 1 is 1.38 bits per heavy atom. The molecule has 0 aliphatic carbocycles. The zero-order valence-corrected chi connectivity index (χ0v) is 11.8. The SMILES string of the molecule is Cc1nc2n(n1)[C@H](C(=O)Nc1ccccc1C)CC(=O)N2. The quantitative estimate of drug-likeness (QED) is 0.873. The summed E-state index contributed by atoms with van der Waals surface area (Å²) in [6, 6.07) is 6.80. The second-order valence-electron chi connectivity index (χ2n) is 5.00. The van der Waals surface area contributed by atoms with E-state index in [9.17, 15) is 9.59 Å². The molecule has 0 spiro atoms. The molecule has 0 unspecified atom stereocenters. The number of hydrogen-bond donors (Lipinski definition) is 2. The number of amides is 2. The van der Waals surface area contributed by atoms with Crippen LogP contribution in [-0.4, -0.2) is 26.6 Å². The summed E-state index contributed by atoms with van der Waals surface area (Å²) in [7, 11) is 0. The van der Waals surface area contributed by atoms with Gasteiger partial charge in [0, 0.05) is 5.69 Å². The summed E-state index contributed by atoms with van der Waals surface area (Å²) in [6.07, 6.45) is 0.0491. The van der Waals surface area contributed by atoms with E-state index in [0.717, 1.165) is 11.3 Å². The molecule has 7 nitrogen and oxygen atoms in total. The van der Waals surface area contributed by atoms with Gasteiger partial charge in [-0.2, -0.15) is 10.1 Å². The first kappa shape index (κ1) is 13.3.